The smallest absolute Gasteiger partial charge is 0.320 e. The first-order chi connectivity index (χ1) is 9.71. The number of carboxylic acid groups (broad SMARTS) is 1. The zero-order chi connectivity index (χ0) is 15.7. The summed E-state index contributed by atoms with van der Waals surface area (Å²) in [5.74, 6) is -1.17. The SMILES string of the molecule is CC1(NC(=O)CN2CCCCC2C(=O)O)CCS(=O)(=O)C1. The van der Waals surface area contributed by atoms with Crippen molar-refractivity contribution in [2.75, 3.05) is 24.6 Å². The van der Waals surface area contributed by atoms with Crippen LogP contribution in [-0.4, -0.2) is 66.5 Å². The molecule has 2 unspecified atom stereocenters. The van der Waals surface area contributed by atoms with E-state index in [-0.39, 0.29) is 24.0 Å². The Kier molecular flexibility index (Phi) is 4.57. The summed E-state index contributed by atoms with van der Waals surface area (Å²) in [4.78, 5) is 25.0. The lowest BCUT2D eigenvalue weighted by Gasteiger charge is -2.33. The molecule has 0 bridgehead atoms. The van der Waals surface area contributed by atoms with Crippen molar-refractivity contribution in [2.45, 2.75) is 44.2 Å². The number of carbonyl (C=O) groups excluding carboxylic acids is 1. The van der Waals surface area contributed by atoms with Crippen molar-refractivity contribution in [3.63, 3.8) is 0 Å². The van der Waals surface area contributed by atoms with Crippen LogP contribution in [0.5, 0.6) is 0 Å². The predicted octanol–water partition coefficient (Wildman–Crippen LogP) is -0.381. The van der Waals surface area contributed by atoms with Gasteiger partial charge in [0.1, 0.15) is 6.04 Å². The van der Waals surface area contributed by atoms with Crippen LogP contribution in [0.4, 0.5) is 0 Å². The number of nitrogens with zero attached hydrogens (tertiary/aromatic N) is 1. The van der Waals surface area contributed by atoms with E-state index < -0.39 is 27.4 Å². The van der Waals surface area contributed by atoms with Crippen LogP contribution in [0.15, 0.2) is 0 Å². The Labute approximate surface area is 124 Å². The number of carbonyl (C=O) groups is 2. The molecule has 8 heteroatoms. The molecule has 0 radical (unpaired) electrons. The van der Waals surface area contributed by atoms with Gasteiger partial charge in [0, 0.05) is 0 Å². The quantitative estimate of drug-likeness (QED) is 0.732. The lowest BCUT2D eigenvalue weighted by Crippen LogP contribution is -2.53. The number of rotatable bonds is 4. The molecule has 2 fully saturated rings. The molecule has 0 aromatic rings. The summed E-state index contributed by atoms with van der Waals surface area (Å²) in [6, 6.07) is -0.621. The number of sulfone groups is 1. The van der Waals surface area contributed by atoms with Crippen molar-refractivity contribution in [3.8, 4) is 0 Å². The average molecular weight is 318 g/mol. The molecule has 2 rings (SSSR count). The van der Waals surface area contributed by atoms with E-state index in [9.17, 15) is 23.1 Å². The van der Waals surface area contributed by atoms with Gasteiger partial charge in [0.05, 0.1) is 23.6 Å². The van der Waals surface area contributed by atoms with Crippen molar-refractivity contribution < 1.29 is 23.1 Å². The highest BCUT2D eigenvalue weighted by atomic mass is 32.2. The molecule has 2 heterocycles. The Hall–Kier alpha value is -1.15. The minimum Gasteiger partial charge on any atom is -0.480 e. The fourth-order valence-electron chi connectivity index (χ4n) is 3.13. The zero-order valence-corrected chi connectivity index (χ0v) is 13.0. The molecular formula is C13H22N2O5S. The van der Waals surface area contributed by atoms with E-state index in [1.165, 1.54) is 0 Å². The molecule has 0 aromatic carbocycles. The van der Waals surface area contributed by atoms with E-state index in [1.54, 1.807) is 11.8 Å². The molecule has 2 aliphatic heterocycles. The van der Waals surface area contributed by atoms with Crippen LogP contribution in [0.25, 0.3) is 0 Å². The summed E-state index contributed by atoms with van der Waals surface area (Å²) in [5, 5.41) is 11.9. The third-order valence-corrected chi connectivity index (χ3v) is 6.09. The van der Waals surface area contributed by atoms with Gasteiger partial charge in [-0.15, -0.1) is 0 Å². The Bertz CT molecular complexity index is 533. The van der Waals surface area contributed by atoms with Crippen LogP contribution in [-0.2, 0) is 19.4 Å². The average Bonchev–Trinajstić information content (AvgIpc) is 2.63. The number of aliphatic carboxylic acids is 1. The normalized spacial score (nSPS) is 32.7. The molecule has 2 saturated heterocycles. The monoisotopic (exact) mass is 318 g/mol. The Morgan fingerprint density at radius 2 is 2.10 bits per heavy atom. The lowest BCUT2D eigenvalue weighted by molar-refractivity contribution is -0.145. The van der Waals surface area contributed by atoms with Gasteiger partial charge in [-0.25, -0.2) is 8.42 Å². The molecule has 120 valence electrons. The first-order valence-corrected chi connectivity index (χ1v) is 9.01. The van der Waals surface area contributed by atoms with Gasteiger partial charge in [0.2, 0.25) is 5.91 Å². The lowest BCUT2D eigenvalue weighted by atomic mass is 10.0. The molecule has 0 aromatic heterocycles. The van der Waals surface area contributed by atoms with Gasteiger partial charge < -0.3 is 10.4 Å². The predicted molar refractivity (Wildman–Crippen MR) is 76.7 cm³/mol. The maximum atomic E-state index is 12.1. The molecule has 2 atom stereocenters. The third-order valence-electron chi connectivity index (χ3n) is 4.19. The third kappa shape index (κ3) is 4.16. The molecule has 0 spiro atoms. The molecule has 21 heavy (non-hydrogen) atoms. The summed E-state index contributed by atoms with van der Waals surface area (Å²) in [7, 11) is -3.08. The van der Waals surface area contributed by atoms with Crippen LogP contribution in [0.2, 0.25) is 0 Å². The minimum absolute atomic E-state index is 0.00655. The van der Waals surface area contributed by atoms with E-state index in [0.29, 0.717) is 19.4 Å². The number of likely N-dealkylation sites (tertiary alicyclic amines) is 1. The Balaban J connectivity index is 1.93. The first kappa shape index (κ1) is 16.2. The minimum atomic E-state index is -3.08. The number of carboxylic acids is 1. The number of amides is 1. The molecule has 0 aliphatic carbocycles. The maximum Gasteiger partial charge on any atom is 0.320 e. The standard InChI is InChI=1S/C13H22N2O5S/c1-13(5-7-21(19,20)9-13)14-11(16)8-15-6-3-2-4-10(15)12(17)18/h10H,2-9H2,1H3,(H,14,16)(H,17,18). The zero-order valence-electron chi connectivity index (χ0n) is 12.2. The van der Waals surface area contributed by atoms with Gasteiger partial charge in [-0.3, -0.25) is 14.5 Å². The molecule has 0 saturated carbocycles. The van der Waals surface area contributed by atoms with E-state index in [2.05, 4.69) is 5.32 Å². The summed E-state index contributed by atoms with van der Waals surface area (Å²) in [6.07, 6.45) is 2.69. The highest BCUT2D eigenvalue weighted by Gasteiger charge is 2.40. The number of hydrogen-bond donors (Lipinski definition) is 2. The molecule has 7 nitrogen and oxygen atoms in total. The van der Waals surface area contributed by atoms with Crippen molar-refractivity contribution >= 4 is 21.7 Å². The highest BCUT2D eigenvalue weighted by Crippen LogP contribution is 2.23. The molecular weight excluding hydrogens is 296 g/mol. The van der Waals surface area contributed by atoms with E-state index in [1.807, 2.05) is 0 Å². The van der Waals surface area contributed by atoms with Crippen molar-refractivity contribution in [3.05, 3.63) is 0 Å². The second-order valence-corrected chi connectivity index (χ2v) is 8.46. The molecule has 2 aliphatic rings. The highest BCUT2D eigenvalue weighted by molar-refractivity contribution is 7.91. The molecule has 2 N–H and O–H groups in total. The first-order valence-electron chi connectivity index (χ1n) is 7.19. The van der Waals surface area contributed by atoms with Gasteiger partial charge in [0.25, 0.3) is 0 Å². The summed E-state index contributed by atoms with van der Waals surface area (Å²) >= 11 is 0. The maximum absolute atomic E-state index is 12.1. The van der Waals surface area contributed by atoms with Gasteiger partial charge in [0.15, 0.2) is 9.84 Å². The number of hydrogen-bond acceptors (Lipinski definition) is 5. The van der Waals surface area contributed by atoms with Gasteiger partial charge in [-0.1, -0.05) is 6.42 Å². The Morgan fingerprint density at radius 3 is 2.67 bits per heavy atom. The summed E-state index contributed by atoms with van der Waals surface area (Å²) < 4.78 is 23.0. The summed E-state index contributed by atoms with van der Waals surface area (Å²) in [6.45, 7) is 2.31. The van der Waals surface area contributed by atoms with Crippen molar-refractivity contribution in [2.24, 2.45) is 0 Å². The second kappa shape index (κ2) is 5.92. The van der Waals surface area contributed by atoms with Crippen LogP contribution in [0, 0.1) is 0 Å². The van der Waals surface area contributed by atoms with Gasteiger partial charge in [-0.05, 0) is 32.7 Å². The van der Waals surface area contributed by atoms with Crippen molar-refractivity contribution in [1.29, 1.82) is 0 Å². The van der Waals surface area contributed by atoms with E-state index in [0.717, 1.165) is 12.8 Å². The van der Waals surface area contributed by atoms with Gasteiger partial charge in [-0.2, -0.15) is 0 Å². The van der Waals surface area contributed by atoms with Crippen LogP contribution < -0.4 is 5.32 Å². The van der Waals surface area contributed by atoms with Crippen LogP contribution >= 0.6 is 0 Å². The van der Waals surface area contributed by atoms with E-state index >= 15 is 0 Å². The summed E-state index contributed by atoms with van der Waals surface area (Å²) in [5.41, 5.74) is -0.732. The topological polar surface area (TPSA) is 104 Å². The Morgan fingerprint density at radius 1 is 1.38 bits per heavy atom. The fourth-order valence-corrected chi connectivity index (χ4v) is 5.22. The number of nitrogens with one attached hydrogen (secondary N) is 1. The largest absolute Gasteiger partial charge is 0.480 e. The number of piperidine rings is 1. The molecule has 1 amide bonds. The fraction of sp³-hybridized carbons (Fsp3) is 0.846. The van der Waals surface area contributed by atoms with Crippen molar-refractivity contribution in [1.82, 2.24) is 10.2 Å². The second-order valence-electron chi connectivity index (χ2n) is 6.27. The van der Waals surface area contributed by atoms with Gasteiger partial charge >= 0.3 is 5.97 Å². The van der Waals surface area contributed by atoms with Crippen LogP contribution in [0.3, 0.4) is 0 Å². The van der Waals surface area contributed by atoms with E-state index in [4.69, 9.17) is 0 Å². The van der Waals surface area contributed by atoms with Crippen LogP contribution in [0.1, 0.15) is 32.6 Å².